The van der Waals surface area contributed by atoms with Crippen LogP contribution in [0, 0.1) is 5.92 Å². The molecular formula is C15H25N3O2S. The predicted octanol–water partition coefficient (Wildman–Crippen LogP) is 2.71. The summed E-state index contributed by atoms with van der Waals surface area (Å²) in [6, 6.07) is 3.37. The van der Waals surface area contributed by atoms with Crippen LogP contribution in [-0.2, 0) is 10.0 Å². The second kappa shape index (κ2) is 6.75. The van der Waals surface area contributed by atoms with Crippen molar-refractivity contribution in [1.29, 1.82) is 0 Å². The van der Waals surface area contributed by atoms with Crippen LogP contribution in [0.1, 0.15) is 40.0 Å². The van der Waals surface area contributed by atoms with Gasteiger partial charge < -0.3 is 5.32 Å². The SMILES string of the molecule is CCCNc1ncccc1S(=O)(=O)N1CC(C)CCC1C. The van der Waals surface area contributed by atoms with Crippen molar-refractivity contribution in [3.05, 3.63) is 18.3 Å². The minimum Gasteiger partial charge on any atom is -0.369 e. The van der Waals surface area contributed by atoms with Crippen molar-refractivity contribution >= 4 is 15.8 Å². The molecule has 0 bridgehead atoms. The van der Waals surface area contributed by atoms with Crippen LogP contribution in [0.5, 0.6) is 0 Å². The number of hydrogen-bond donors (Lipinski definition) is 1. The average Bonchev–Trinajstić information content (AvgIpc) is 2.47. The van der Waals surface area contributed by atoms with Gasteiger partial charge in [-0.05, 0) is 44.2 Å². The molecule has 0 radical (unpaired) electrons. The molecule has 1 aliphatic rings. The van der Waals surface area contributed by atoms with Crippen molar-refractivity contribution in [3.8, 4) is 0 Å². The van der Waals surface area contributed by atoms with Gasteiger partial charge in [-0.2, -0.15) is 4.31 Å². The van der Waals surface area contributed by atoms with E-state index in [1.165, 1.54) is 0 Å². The number of nitrogens with zero attached hydrogens (tertiary/aromatic N) is 2. The van der Waals surface area contributed by atoms with E-state index < -0.39 is 10.0 Å². The van der Waals surface area contributed by atoms with Gasteiger partial charge in [0.2, 0.25) is 10.0 Å². The molecule has 2 unspecified atom stereocenters. The summed E-state index contributed by atoms with van der Waals surface area (Å²) in [7, 11) is -3.50. The Bertz CT molecular complexity index is 574. The second-order valence-corrected chi connectivity index (χ2v) is 7.74. The quantitative estimate of drug-likeness (QED) is 0.908. The first-order valence-electron chi connectivity index (χ1n) is 7.67. The fourth-order valence-corrected chi connectivity index (χ4v) is 4.59. The van der Waals surface area contributed by atoms with Crippen LogP contribution in [0.3, 0.4) is 0 Å². The molecule has 1 saturated heterocycles. The zero-order chi connectivity index (χ0) is 15.5. The van der Waals surface area contributed by atoms with Gasteiger partial charge in [-0.15, -0.1) is 0 Å². The Kier molecular flexibility index (Phi) is 5.22. The van der Waals surface area contributed by atoms with Crippen molar-refractivity contribution in [2.24, 2.45) is 5.92 Å². The number of aromatic nitrogens is 1. The maximum atomic E-state index is 13.0. The van der Waals surface area contributed by atoms with Gasteiger partial charge in [0.15, 0.2) is 0 Å². The third-order valence-electron chi connectivity index (χ3n) is 3.96. The van der Waals surface area contributed by atoms with E-state index in [2.05, 4.69) is 17.2 Å². The van der Waals surface area contributed by atoms with E-state index in [4.69, 9.17) is 0 Å². The monoisotopic (exact) mass is 311 g/mol. The van der Waals surface area contributed by atoms with Crippen molar-refractivity contribution < 1.29 is 8.42 Å². The summed E-state index contributed by atoms with van der Waals surface area (Å²) < 4.78 is 27.6. The summed E-state index contributed by atoms with van der Waals surface area (Å²) in [5.41, 5.74) is 0. The van der Waals surface area contributed by atoms with Crippen molar-refractivity contribution in [1.82, 2.24) is 9.29 Å². The molecule has 0 spiro atoms. The van der Waals surface area contributed by atoms with E-state index in [1.54, 1.807) is 22.6 Å². The standard InChI is InChI=1S/C15H25N3O2S/c1-4-9-16-15-14(6-5-10-17-15)21(19,20)18-11-12(2)7-8-13(18)3/h5-6,10,12-13H,4,7-9,11H2,1-3H3,(H,16,17). The third kappa shape index (κ3) is 3.55. The summed E-state index contributed by atoms with van der Waals surface area (Å²) in [5, 5.41) is 3.12. The lowest BCUT2D eigenvalue weighted by atomic mass is 9.97. The van der Waals surface area contributed by atoms with Gasteiger partial charge >= 0.3 is 0 Å². The normalized spacial score (nSPS) is 24.0. The van der Waals surface area contributed by atoms with E-state index >= 15 is 0 Å². The topological polar surface area (TPSA) is 62.3 Å². The number of piperidine rings is 1. The lowest BCUT2D eigenvalue weighted by molar-refractivity contribution is 0.218. The molecule has 0 aliphatic carbocycles. The minimum atomic E-state index is -3.50. The molecule has 6 heteroatoms. The zero-order valence-electron chi connectivity index (χ0n) is 13.0. The molecule has 0 aromatic carbocycles. The lowest BCUT2D eigenvalue weighted by Crippen LogP contribution is -2.45. The van der Waals surface area contributed by atoms with E-state index in [9.17, 15) is 8.42 Å². The van der Waals surface area contributed by atoms with E-state index in [1.807, 2.05) is 13.8 Å². The molecule has 5 nitrogen and oxygen atoms in total. The molecule has 1 N–H and O–H groups in total. The van der Waals surface area contributed by atoms with Gasteiger partial charge in [0.05, 0.1) is 0 Å². The Morgan fingerprint density at radius 1 is 1.38 bits per heavy atom. The summed E-state index contributed by atoms with van der Waals surface area (Å²) in [6.07, 6.45) is 4.55. The van der Waals surface area contributed by atoms with Gasteiger partial charge in [-0.25, -0.2) is 13.4 Å². The Morgan fingerprint density at radius 3 is 2.86 bits per heavy atom. The second-order valence-electron chi connectivity index (χ2n) is 5.88. The molecule has 1 aromatic heterocycles. The fourth-order valence-electron chi connectivity index (χ4n) is 2.68. The largest absolute Gasteiger partial charge is 0.369 e. The van der Waals surface area contributed by atoms with Gasteiger partial charge in [-0.3, -0.25) is 0 Å². The first-order valence-corrected chi connectivity index (χ1v) is 9.11. The average molecular weight is 311 g/mol. The van der Waals surface area contributed by atoms with Gasteiger partial charge in [0.25, 0.3) is 0 Å². The van der Waals surface area contributed by atoms with Crippen LogP contribution >= 0.6 is 0 Å². The van der Waals surface area contributed by atoms with Gasteiger partial charge in [-0.1, -0.05) is 13.8 Å². The third-order valence-corrected chi connectivity index (χ3v) is 5.97. The molecule has 0 amide bonds. The maximum Gasteiger partial charge on any atom is 0.246 e. The highest BCUT2D eigenvalue weighted by Crippen LogP contribution is 2.30. The van der Waals surface area contributed by atoms with Crippen molar-refractivity contribution in [2.45, 2.75) is 51.0 Å². The lowest BCUT2D eigenvalue weighted by Gasteiger charge is -2.35. The molecule has 1 fully saturated rings. The van der Waals surface area contributed by atoms with Crippen LogP contribution < -0.4 is 5.32 Å². The number of nitrogens with one attached hydrogen (secondary N) is 1. The fraction of sp³-hybridized carbons (Fsp3) is 0.667. The summed E-state index contributed by atoms with van der Waals surface area (Å²) in [6.45, 7) is 7.43. The number of hydrogen-bond acceptors (Lipinski definition) is 4. The highest BCUT2D eigenvalue weighted by molar-refractivity contribution is 7.89. The van der Waals surface area contributed by atoms with Crippen LogP contribution in [0.15, 0.2) is 23.2 Å². The predicted molar refractivity (Wildman–Crippen MR) is 84.8 cm³/mol. The Labute approximate surface area is 127 Å². The highest BCUT2D eigenvalue weighted by atomic mass is 32.2. The van der Waals surface area contributed by atoms with E-state index in [0.29, 0.717) is 29.7 Å². The summed E-state index contributed by atoms with van der Waals surface area (Å²) in [5.74, 6) is 0.865. The zero-order valence-corrected chi connectivity index (χ0v) is 13.9. The molecule has 2 rings (SSSR count). The molecule has 0 saturated carbocycles. The van der Waals surface area contributed by atoms with E-state index in [-0.39, 0.29) is 6.04 Å². The van der Waals surface area contributed by atoms with Crippen LogP contribution in [0.25, 0.3) is 0 Å². The Balaban J connectivity index is 2.34. The van der Waals surface area contributed by atoms with Crippen LogP contribution in [-0.4, -0.2) is 36.8 Å². The summed E-state index contributed by atoms with van der Waals surface area (Å²) in [4.78, 5) is 4.50. The molecule has 1 aromatic rings. The Morgan fingerprint density at radius 2 is 2.14 bits per heavy atom. The molecule has 21 heavy (non-hydrogen) atoms. The maximum absolute atomic E-state index is 13.0. The summed E-state index contributed by atoms with van der Waals surface area (Å²) >= 11 is 0. The molecule has 118 valence electrons. The number of sulfonamides is 1. The van der Waals surface area contributed by atoms with Crippen LogP contribution in [0.4, 0.5) is 5.82 Å². The van der Waals surface area contributed by atoms with Crippen molar-refractivity contribution in [2.75, 3.05) is 18.4 Å². The number of rotatable bonds is 5. The van der Waals surface area contributed by atoms with Gasteiger partial charge in [0, 0.05) is 25.3 Å². The number of pyridine rings is 1. The first-order chi connectivity index (χ1) is 9.96. The highest BCUT2D eigenvalue weighted by Gasteiger charge is 2.35. The molecule has 1 aliphatic heterocycles. The molecule has 2 heterocycles. The van der Waals surface area contributed by atoms with Gasteiger partial charge in [0.1, 0.15) is 10.7 Å². The smallest absolute Gasteiger partial charge is 0.246 e. The van der Waals surface area contributed by atoms with Crippen LogP contribution in [0.2, 0.25) is 0 Å². The molecule has 2 atom stereocenters. The molecular weight excluding hydrogens is 286 g/mol. The van der Waals surface area contributed by atoms with Crippen molar-refractivity contribution in [3.63, 3.8) is 0 Å². The first kappa shape index (κ1) is 16.2. The number of anilines is 1. The Hall–Kier alpha value is -1.14. The minimum absolute atomic E-state index is 0.0467. The van der Waals surface area contributed by atoms with E-state index in [0.717, 1.165) is 19.3 Å².